The van der Waals surface area contributed by atoms with Crippen LogP contribution < -0.4 is 14.9 Å². The summed E-state index contributed by atoms with van der Waals surface area (Å²) in [7, 11) is 1.60. The third-order valence-electron chi connectivity index (χ3n) is 5.70. The van der Waals surface area contributed by atoms with Gasteiger partial charge in [0.15, 0.2) is 16.9 Å². The Morgan fingerprint density at radius 3 is 2.47 bits per heavy atom. The molecule has 2 aliphatic rings. The number of benzene rings is 1. The van der Waals surface area contributed by atoms with Gasteiger partial charge < -0.3 is 23.5 Å². The first-order valence-corrected chi connectivity index (χ1v) is 11.3. The van der Waals surface area contributed by atoms with Crippen molar-refractivity contribution in [3.05, 3.63) is 45.7 Å². The zero-order chi connectivity index (χ0) is 23.4. The van der Waals surface area contributed by atoms with Gasteiger partial charge in [-0.1, -0.05) is 27.7 Å². The normalized spacial score (nSPS) is 16.8. The molecule has 1 saturated heterocycles. The molecule has 32 heavy (non-hydrogen) atoms. The number of carbonyl (C=O) groups is 1. The lowest BCUT2D eigenvalue weighted by Gasteiger charge is -2.34. The van der Waals surface area contributed by atoms with E-state index in [9.17, 15) is 9.59 Å². The summed E-state index contributed by atoms with van der Waals surface area (Å²) >= 11 is 0. The highest BCUT2D eigenvalue weighted by Crippen LogP contribution is 2.43. The summed E-state index contributed by atoms with van der Waals surface area (Å²) in [5.41, 5.74) is 2.49. The van der Waals surface area contributed by atoms with Crippen LogP contribution in [0.15, 0.2) is 29.2 Å². The molecule has 0 N–H and O–H groups in total. The predicted octanol–water partition coefficient (Wildman–Crippen LogP) is 4.26. The Balaban J connectivity index is 0.00000141. The van der Waals surface area contributed by atoms with Crippen molar-refractivity contribution in [2.75, 3.05) is 26.9 Å². The predicted molar refractivity (Wildman–Crippen MR) is 123 cm³/mol. The number of methoxy groups -OCH3 is 1. The van der Waals surface area contributed by atoms with Crippen molar-refractivity contribution in [3.63, 3.8) is 0 Å². The number of hydrogen-bond donors (Lipinski definition) is 0. The molecule has 7 heteroatoms. The summed E-state index contributed by atoms with van der Waals surface area (Å²) in [5.74, 6) is 0.999. The second kappa shape index (κ2) is 10.2. The molecule has 1 atom stereocenters. The number of rotatable bonds is 6. The average Bonchev–Trinajstić information content (AvgIpc) is 2.76. The molecule has 0 saturated carbocycles. The van der Waals surface area contributed by atoms with E-state index in [-0.39, 0.29) is 29.7 Å². The van der Waals surface area contributed by atoms with E-state index in [0.29, 0.717) is 30.6 Å². The third kappa shape index (κ3) is 4.53. The zero-order valence-electron chi connectivity index (χ0n) is 19.8. The van der Waals surface area contributed by atoms with Gasteiger partial charge in [-0.3, -0.25) is 4.79 Å². The first-order valence-electron chi connectivity index (χ1n) is 11.3. The highest BCUT2D eigenvalue weighted by atomic mass is 16.6. The summed E-state index contributed by atoms with van der Waals surface area (Å²) in [4.78, 5) is 25.0. The van der Waals surface area contributed by atoms with Gasteiger partial charge in [-0.05, 0) is 37.0 Å². The van der Waals surface area contributed by atoms with Crippen LogP contribution in [0.4, 0.5) is 0 Å². The molecule has 0 radical (unpaired) electrons. The van der Waals surface area contributed by atoms with E-state index >= 15 is 0 Å². The number of nitrogens with zero attached hydrogens (tertiary/aromatic N) is 1. The van der Waals surface area contributed by atoms with Gasteiger partial charge in [0.25, 0.3) is 0 Å². The molecule has 0 bridgehead atoms. The van der Waals surface area contributed by atoms with Crippen LogP contribution in [0.5, 0.6) is 11.5 Å². The molecule has 4 rings (SSSR count). The SMILES string of the molecule is CC.CCOC(=O)c1cn2c(cc1=O)-c1cc(OC)c(OC3COC3)cc1CC2C(C)C. The van der Waals surface area contributed by atoms with Crippen LogP contribution in [0.1, 0.15) is 56.6 Å². The van der Waals surface area contributed by atoms with Crippen LogP contribution in [0.3, 0.4) is 0 Å². The minimum Gasteiger partial charge on any atom is -0.493 e. The average molecular weight is 444 g/mol. The van der Waals surface area contributed by atoms with Gasteiger partial charge in [0.2, 0.25) is 0 Å². The number of pyridine rings is 1. The van der Waals surface area contributed by atoms with E-state index < -0.39 is 5.97 Å². The molecule has 0 aliphatic carbocycles. The number of ether oxygens (including phenoxy) is 4. The molecule has 0 spiro atoms. The molecule has 2 aliphatic heterocycles. The molecule has 1 aromatic heterocycles. The zero-order valence-corrected chi connectivity index (χ0v) is 19.8. The van der Waals surface area contributed by atoms with Gasteiger partial charge in [0.1, 0.15) is 11.7 Å². The first-order chi connectivity index (χ1) is 15.4. The Bertz CT molecular complexity index is 1020. The molecule has 1 aromatic carbocycles. The number of hydrogen-bond acceptors (Lipinski definition) is 6. The Kier molecular flexibility index (Phi) is 7.61. The molecule has 7 nitrogen and oxygen atoms in total. The largest absolute Gasteiger partial charge is 0.493 e. The van der Waals surface area contributed by atoms with Crippen molar-refractivity contribution in [3.8, 4) is 22.8 Å². The van der Waals surface area contributed by atoms with Crippen LogP contribution in [0.25, 0.3) is 11.3 Å². The smallest absolute Gasteiger partial charge is 0.343 e. The fourth-order valence-electron chi connectivity index (χ4n) is 4.01. The van der Waals surface area contributed by atoms with E-state index in [0.717, 1.165) is 23.2 Å². The minimum absolute atomic E-state index is 0.0310. The second-order valence-electron chi connectivity index (χ2n) is 8.02. The van der Waals surface area contributed by atoms with Crippen molar-refractivity contribution in [1.29, 1.82) is 0 Å². The molecule has 3 heterocycles. The third-order valence-corrected chi connectivity index (χ3v) is 5.70. The topological polar surface area (TPSA) is 76.0 Å². The van der Waals surface area contributed by atoms with E-state index in [1.54, 1.807) is 20.2 Å². The standard InChI is InChI=1S/C23H27NO6.C2H6/c1-5-29-23(26)17-10-24-18(13(2)3)6-14-7-22(30-15-11-28-12-15)21(27-4)8-16(14)19(24)9-20(17)25;1-2/h7-10,13,15,18H,5-6,11-12H2,1-4H3;1-2H3. The molecule has 2 aromatic rings. The molecular weight excluding hydrogens is 410 g/mol. The van der Waals surface area contributed by atoms with Crippen molar-refractivity contribution < 1.29 is 23.7 Å². The van der Waals surface area contributed by atoms with Crippen LogP contribution in [-0.4, -0.2) is 43.6 Å². The monoisotopic (exact) mass is 443 g/mol. The highest BCUT2D eigenvalue weighted by Gasteiger charge is 2.30. The van der Waals surface area contributed by atoms with Crippen molar-refractivity contribution in [2.45, 2.75) is 53.2 Å². The first kappa shape index (κ1) is 23.9. The number of fused-ring (bicyclic) bond motifs is 3. The van der Waals surface area contributed by atoms with E-state index in [1.807, 2.05) is 30.5 Å². The number of aromatic nitrogens is 1. The van der Waals surface area contributed by atoms with Crippen molar-refractivity contribution in [1.82, 2.24) is 4.57 Å². The molecule has 1 unspecified atom stereocenters. The van der Waals surface area contributed by atoms with Gasteiger partial charge >= 0.3 is 5.97 Å². The highest BCUT2D eigenvalue weighted by molar-refractivity contribution is 5.89. The van der Waals surface area contributed by atoms with Crippen LogP contribution in [0.2, 0.25) is 0 Å². The maximum Gasteiger partial charge on any atom is 0.343 e. The Labute approximate surface area is 189 Å². The second-order valence-corrected chi connectivity index (χ2v) is 8.02. The Morgan fingerprint density at radius 1 is 1.19 bits per heavy atom. The summed E-state index contributed by atoms with van der Waals surface area (Å²) in [6.45, 7) is 11.4. The van der Waals surface area contributed by atoms with Gasteiger partial charge in [-0.15, -0.1) is 0 Å². The molecular formula is C25H33NO6. The maximum absolute atomic E-state index is 12.7. The molecule has 0 amide bonds. The quantitative estimate of drug-likeness (QED) is 0.621. The fraction of sp³-hybridized carbons (Fsp3) is 0.520. The lowest BCUT2D eigenvalue weighted by atomic mass is 9.87. The van der Waals surface area contributed by atoms with Gasteiger partial charge in [-0.25, -0.2) is 4.79 Å². The van der Waals surface area contributed by atoms with Crippen molar-refractivity contribution >= 4 is 5.97 Å². The summed E-state index contributed by atoms with van der Waals surface area (Å²) in [6.07, 6.45) is 2.43. The molecule has 1 fully saturated rings. The summed E-state index contributed by atoms with van der Waals surface area (Å²) < 4.78 is 23.9. The fourth-order valence-corrected chi connectivity index (χ4v) is 4.01. The van der Waals surface area contributed by atoms with E-state index in [4.69, 9.17) is 18.9 Å². The maximum atomic E-state index is 12.7. The minimum atomic E-state index is -0.588. The lowest BCUT2D eigenvalue weighted by molar-refractivity contribution is -0.0803. The Morgan fingerprint density at radius 2 is 1.91 bits per heavy atom. The number of carbonyl (C=O) groups excluding carboxylic acids is 1. The molecule has 174 valence electrons. The van der Waals surface area contributed by atoms with Crippen LogP contribution >= 0.6 is 0 Å². The van der Waals surface area contributed by atoms with Gasteiger partial charge in [-0.2, -0.15) is 0 Å². The van der Waals surface area contributed by atoms with E-state index in [2.05, 4.69) is 13.8 Å². The summed E-state index contributed by atoms with van der Waals surface area (Å²) in [5, 5.41) is 0. The van der Waals surface area contributed by atoms with Crippen molar-refractivity contribution in [2.24, 2.45) is 5.92 Å². The number of esters is 1. The van der Waals surface area contributed by atoms with E-state index in [1.165, 1.54) is 6.07 Å². The Hall–Kier alpha value is -2.80. The summed E-state index contributed by atoms with van der Waals surface area (Å²) in [6, 6.07) is 5.54. The lowest BCUT2D eigenvalue weighted by Crippen LogP contribution is -2.38. The van der Waals surface area contributed by atoms with Crippen LogP contribution in [-0.2, 0) is 15.9 Å². The van der Waals surface area contributed by atoms with Gasteiger partial charge in [0, 0.05) is 23.9 Å². The van der Waals surface area contributed by atoms with Gasteiger partial charge in [0.05, 0.1) is 32.6 Å². The van der Waals surface area contributed by atoms with Crippen LogP contribution in [0, 0.1) is 5.92 Å².